The van der Waals surface area contributed by atoms with E-state index >= 15 is 0 Å². The first kappa shape index (κ1) is 24.0. The van der Waals surface area contributed by atoms with E-state index in [2.05, 4.69) is 6.92 Å². The van der Waals surface area contributed by atoms with Gasteiger partial charge >= 0.3 is 0 Å². The number of unbranched alkanes of at least 4 members (excludes halogenated alkanes) is 3. The summed E-state index contributed by atoms with van der Waals surface area (Å²) in [6, 6.07) is 5.08. The standard InChI is InChI=1S/C21H35FNO2.Y/c1-3-4-12-23(14-9-16-24-18-15-23)13-6-5-7-17-25-21-19(2)10-8-11-20(21)22;/h8,10-11H,3-7,9,12-18H2,1-2H3;/q+1;. The molecule has 3 nitrogen and oxygen atoms in total. The number of nitrogens with zero attached hydrogens (tertiary/aromatic N) is 1. The Hall–Kier alpha value is -0.0261. The molecule has 0 aromatic heterocycles. The number of benzene rings is 1. The molecule has 145 valence electrons. The maximum absolute atomic E-state index is 13.7. The van der Waals surface area contributed by atoms with Crippen LogP contribution in [0.4, 0.5) is 4.39 Å². The summed E-state index contributed by atoms with van der Waals surface area (Å²) in [5, 5.41) is 0. The Morgan fingerprint density at radius 1 is 1.08 bits per heavy atom. The normalized spacial score (nSPS) is 20.3. The van der Waals surface area contributed by atoms with Crippen molar-refractivity contribution in [3.8, 4) is 5.75 Å². The van der Waals surface area contributed by atoms with Gasteiger partial charge in [-0.1, -0.05) is 25.5 Å². The van der Waals surface area contributed by atoms with Crippen LogP contribution >= 0.6 is 0 Å². The van der Waals surface area contributed by atoms with E-state index in [0.29, 0.717) is 12.4 Å². The average Bonchev–Trinajstić information content (AvgIpc) is 2.84. The van der Waals surface area contributed by atoms with Crippen molar-refractivity contribution in [3.05, 3.63) is 29.6 Å². The van der Waals surface area contributed by atoms with E-state index in [9.17, 15) is 4.39 Å². The van der Waals surface area contributed by atoms with Crippen molar-refractivity contribution in [2.24, 2.45) is 0 Å². The fourth-order valence-corrected chi connectivity index (χ4v) is 3.73. The molecule has 1 saturated heterocycles. The molecule has 0 bridgehead atoms. The maximum Gasteiger partial charge on any atom is 0.165 e. The second kappa shape index (κ2) is 13.2. The van der Waals surface area contributed by atoms with Gasteiger partial charge in [0.1, 0.15) is 6.54 Å². The van der Waals surface area contributed by atoms with Gasteiger partial charge in [-0.3, -0.25) is 0 Å². The second-order valence-corrected chi connectivity index (χ2v) is 7.35. The smallest absolute Gasteiger partial charge is 0.165 e. The Morgan fingerprint density at radius 2 is 1.88 bits per heavy atom. The topological polar surface area (TPSA) is 18.5 Å². The molecule has 1 aromatic rings. The fraction of sp³-hybridized carbons (Fsp3) is 0.714. The molecule has 0 N–H and O–H groups in total. The van der Waals surface area contributed by atoms with E-state index < -0.39 is 0 Å². The predicted molar refractivity (Wildman–Crippen MR) is 101 cm³/mol. The van der Waals surface area contributed by atoms with Crippen LogP contribution in [0.5, 0.6) is 5.75 Å². The molecule has 26 heavy (non-hydrogen) atoms. The van der Waals surface area contributed by atoms with Gasteiger partial charge in [-0.15, -0.1) is 0 Å². The molecular weight excluding hydrogens is 406 g/mol. The van der Waals surface area contributed by atoms with Crippen molar-refractivity contribution >= 4 is 0 Å². The van der Waals surface area contributed by atoms with Crippen LogP contribution < -0.4 is 4.74 Å². The zero-order valence-corrected chi connectivity index (χ0v) is 19.5. The number of hydrogen-bond donors (Lipinski definition) is 0. The number of halogens is 1. The molecule has 5 heteroatoms. The van der Waals surface area contributed by atoms with Crippen molar-refractivity contribution in [3.63, 3.8) is 0 Å². The van der Waals surface area contributed by atoms with Gasteiger partial charge in [-0.2, -0.15) is 0 Å². The van der Waals surface area contributed by atoms with Gasteiger partial charge < -0.3 is 14.0 Å². The zero-order valence-electron chi connectivity index (χ0n) is 16.6. The maximum atomic E-state index is 13.7. The molecule has 0 aliphatic carbocycles. The summed E-state index contributed by atoms with van der Waals surface area (Å²) in [5.74, 6) is 0.159. The van der Waals surface area contributed by atoms with Gasteiger partial charge in [-0.25, -0.2) is 4.39 Å². The van der Waals surface area contributed by atoms with Crippen molar-refractivity contribution < 1.29 is 51.1 Å². The molecule has 2 rings (SSSR count). The van der Waals surface area contributed by atoms with E-state index in [4.69, 9.17) is 9.47 Å². The first-order chi connectivity index (χ1) is 12.2. The Labute approximate surface area is 184 Å². The summed E-state index contributed by atoms with van der Waals surface area (Å²) < 4.78 is 26.3. The quantitative estimate of drug-likeness (QED) is 0.387. The number of aryl methyl sites for hydroxylation is 1. The van der Waals surface area contributed by atoms with Gasteiger partial charge in [0.05, 0.1) is 39.5 Å². The van der Waals surface area contributed by atoms with Crippen LogP contribution in [0.25, 0.3) is 0 Å². The third-order valence-electron chi connectivity index (χ3n) is 5.30. The summed E-state index contributed by atoms with van der Waals surface area (Å²) in [7, 11) is 0. The van der Waals surface area contributed by atoms with Crippen LogP contribution in [0.3, 0.4) is 0 Å². The largest absolute Gasteiger partial charge is 0.490 e. The van der Waals surface area contributed by atoms with E-state index in [-0.39, 0.29) is 38.5 Å². The molecule has 1 aliphatic rings. The number of quaternary nitrogens is 1. The molecule has 1 aromatic carbocycles. The molecule has 1 aliphatic heterocycles. The van der Waals surface area contributed by atoms with Crippen LogP contribution in [-0.2, 0) is 37.4 Å². The Morgan fingerprint density at radius 3 is 2.65 bits per heavy atom. The minimum Gasteiger partial charge on any atom is -0.490 e. The van der Waals surface area contributed by atoms with Gasteiger partial charge in [0, 0.05) is 39.1 Å². The van der Waals surface area contributed by atoms with E-state index in [1.165, 1.54) is 55.9 Å². The van der Waals surface area contributed by atoms with Crippen molar-refractivity contribution in [1.29, 1.82) is 0 Å². The van der Waals surface area contributed by atoms with Crippen molar-refractivity contribution in [2.45, 2.75) is 52.4 Å². The summed E-state index contributed by atoms with van der Waals surface area (Å²) >= 11 is 0. The number of hydrogen-bond acceptors (Lipinski definition) is 2. The van der Waals surface area contributed by atoms with Crippen molar-refractivity contribution in [2.75, 3.05) is 46.0 Å². The van der Waals surface area contributed by atoms with Gasteiger partial charge in [-0.05, 0) is 44.2 Å². The molecule has 1 atom stereocenters. The first-order valence-corrected chi connectivity index (χ1v) is 9.98. The minimum absolute atomic E-state index is 0. The molecule has 0 saturated carbocycles. The Balaban J connectivity index is 0.00000338. The molecule has 1 unspecified atom stereocenters. The van der Waals surface area contributed by atoms with E-state index in [1.54, 1.807) is 6.07 Å². The first-order valence-electron chi connectivity index (χ1n) is 9.98. The molecule has 1 fully saturated rings. The van der Waals surface area contributed by atoms with Crippen LogP contribution in [0.15, 0.2) is 18.2 Å². The van der Waals surface area contributed by atoms with Crippen LogP contribution in [0, 0.1) is 12.7 Å². The van der Waals surface area contributed by atoms with Crippen LogP contribution in [0.1, 0.15) is 51.0 Å². The SMILES string of the molecule is CCCC[N+]1(CCCCCOc2c(C)cccc2F)CCCOCC1.[Y]. The van der Waals surface area contributed by atoms with Gasteiger partial charge in [0.25, 0.3) is 0 Å². The Kier molecular flexibility index (Phi) is 12.2. The second-order valence-electron chi connectivity index (χ2n) is 7.35. The van der Waals surface area contributed by atoms with E-state index in [1.807, 2.05) is 13.0 Å². The third-order valence-corrected chi connectivity index (χ3v) is 5.30. The summed E-state index contributed by atoms with van der Waals surface area (Å²) in [6.45, 7) is 11.5. The summed E-state index contributed by atoms with van der Waals surface area (Å²) in [4.78, 5) is 0. The van der Waals surface area contributed by atoms with Gasteiger partial charge in [0.15, 0.2) is 11.6 Å². The summed E-state index contributed by atoms with van der Waals surface area (Å²) in [5.41, 5.74) is 0.869. The molecule has 1 heterocycles. The predicted octanol–water partition coefficient (Wildman–Crippen LogP) is 4.72. The molecular formula is C21H35FNO2Y+. The number of ether oxygens (including phenoxy) is 2. The van der Waals surface area contributed by atoms with Crippen molar-refractivity contribution in [1.82, 2.24) is 0 Å². The minimum atomic E-state index is -0.256. The van der Waals surface area contributed by atoms with E-state index in [0.717, 1.165) is 38.2 Å². The average molecular weight is 441 g/mol. The Bertz CT molecular complexity index is 485. The molecule has 1 radical (unpaired) electrons. The summed E-state index contributed by atoms with van der Waals surface area (Å²) in [6.07, 6.45) is 7.08. The zero-order chi connectivity index (χ0) is 18.0. The fourth-order valence-electron chi connectivity index (χ4n) is 3.73. The number of rotatable bonds is 10. The molecule has 0 spiro atoms. The monoisotopic (exact) mass is 441 g/mol. The third kappa shape index (κ3) is 7.92. The molecule has 0 amide bonds. The van der Waals surface area contributed by atoms with Crippen LogP contribution in [0.2, 0.25) is 0 Å². The van der Waals surface area contributed by atoms with Crippen LogP contribution in [-0.4, -0.2) is 50.5 Å². The van der Waals surface area contributed by atoms with Gasteiger partial charge in [0.2, 0.25) is 0 Å². The number of para-hydroxylation sites is 1.